The molecule has 0 spiro atoms. The van der Waals surface area contributed by atoms with Gasteiger partial charge in [-0.15, -0.1) is 0 Å². The molecule has 0 bridgehead atoms. The van der Waals surface area contributed by atoms with Gasteiger partial charge in [0.2, 0.25) is 0 Å². The molecule has 5 heteroatoms. The molecule has 0 aliphatic heterocycles. The van der Waals surface area contributed by atoms with Crippen molar-refractivity contribution in [1.82, 2.24) is 0 Å². The Bertz CT molecular complexity index is 30.6. The summed E-state index contributed by atoms with van der Waals surface area (Å²) in [7, 11) is 9.88. The van der Waals surface area contributed by atoms with E-state index in [4.69, 9.17) is 15.5 Å². The van der Waals surface area contributed by atoms with Crippen LogP contribution in [0.2, 0.25) is 0 Å². The van der Waals surface area contributed by atoms with Crippen molar-refractivity contribution in [3.05, 3.63) is 0 Å². The Labute approximate surface area is 34.6 Å². The van der Waals surface area contributed by atoms with Gasteiger partial charge in [-0.25, -0.2) is 0 Å². The van der Waals surface area contributed by atoms with Gasteiger partial charge in [-0.2, -0.15) is 0 Å². The van der Waals surface area contributed by atoms with Crippen molar-refractivity contribution in [3.8, 4) is 0 Å². The van der Waals surface area contributed by atoms with E-state index in [1.54, 1.807) is 0 Å². The number of hydrogen-bond acceptors (Lipinski definition) is 1. The van der Waals surface area contributed by atoms with Gasteiger partial charge in [0.15, 0.2) is 0 Å². The van der Waals surface area contributed by atoms with Gasteiger partial charge in [-0.05, 0) is 0 Å². The van der Waals surface area contributed by atoms with E-state index in [0.717, 1.165) is 0 Å². The van der Waals surface area contributed by atoms with E-state index >= 15 is 0 Å². The standard InChI is InChI=1S/B4O/c1-4(2)3-5. The minimum absolute atomic E-state index is 0.472. The molecule has 0 amide bonds. The van der Waals surface area contributed by atoms with Gasteiger partial charge in [0.1, 0.15) is 0 Å². The Morgan fingerprint density at radius 2 is 1.80 bits per heavy atom. The summed E-state index contributed by atoms with van der Waals surface area (Å²) in [6.45, 7) is 0. The van der Waals surface area contributed by atoms with E-state index in [2.05, 4.69) is 0 Å². The van der Waals surface area contributed by atoms with Gasteiger partial charge < -0.3 is 0 Å². The molecule has 1 nitrogen and oxygen atoms in total. The van der Waals surface area contributed by atoms with Crippen LogP contribution in [-0.2, 0) is 4.70 Å². The fourth-order valence-corrected chi connectivity index (χ4v) is 0. The Balaban J connectivity index is 2.83. The van der Waals surface area contributed by atoms with Gasteiger partial charge in [-0.1, -0.05) is 0 Å². The molecular formula is B4O. The Kier molecular flexibility index (Phi) is 2.33. The molecule has 0 fully saturated rings. The third kappa shape index (κ3) is 4.06. The Morgan fingerprint density at radius 1 is 1.60 bits per heavy atom. The zero-order valence-corrected chi connectivity index (χ0v) is 2.72. The van der Waals surface area contributed by atoms with Crippen molar-refractivity contribution in [2.75, 3.05) is 0 Å². The predicted molar refractivity (Wildman–Crippen MR) is 23.7 cm³/mol. The summed E-state index contributed by atoms with van der Waals surface area (Å²) in [5, 5.41) is 0. The molecule has 0 aromatic carbocycles. The molecule has 0 heterocycles. The van der Waals surface area contributed by atoms with Crippen molar-refractivity contribution in [3.63, 3.8) is 0 Å². The monoisotopic (exact) mass is 60.0 g/mol. The van der Waals surface area contributed by atoms with Crippen molar-refractivity contribution < 1.29 is 4.70 Å². The van der Waals surface area contributed by atoms with Crippen LogP contribution < -0.4 is 0 Å². The zero-order valence-electron chi connectivity index (χ0n) is 2.72. The fourth-order valence-electron chi connectivity index (χ4n) is 0. The average molecular weight is 59.2 g/mol. The SMILES string of the molecule is [B]B([B])B=O. The van der Waals surface area contributed by atoms with Crippen LogP contribution in [0.15, 0.2) is 0 Å². The van der Waals surface area contributed by atoms with Gasteiger partial charge in [0.05, 0.1) is 0 Å². The first kappa shape index (κ1) is 5.06. The molecule has 0 aromatic heterocycles. The summed E-state index contributed by atoms with van der Waals surface area (Å²) in [5.41, 5.74) is 0. The van der Waals surface area contributed by atoms with Crippen LogP contribution >= 0.6 is 0 Å². The van der Waals surface area contributed by atoms with Gasteiger partial charge in [0.25, 0.3) is 0 Å². The second kappa shape index (κ2) is 2.31. The quantitative estimate of drug-likeness (QED) is 0.331. The van der Waals surface area contributed by atoms with Crippen LogP contribution in [-0.4, -0.2) is 28.9 Å². The van der Waals surface area contributed by atoms with E-state index in [1.165, 1.54) is 0 Å². The molecule has 0 N–H and O–H groups in total. The first-order valence-corrected chi connectivity index (χ1v) is 1.24. The molecule has 0 aromatic rings. The molecule has 0 aliphatic carbocycles. The van der Waals surface area contributed by atoms with Crippen LogP contribution in [0.25, 0.3) is 0 Å². The zero-order chi connectivity index (χ0) is 4.28. The first-order valence-electron chi connectivity index (χ1n) is 1.24. The van der Waals surface area contributed by atoms with Gasteiger partial charge in [0, 0.05) is 0 Å². The van der Waals surface area contributed by atoms with Crippen molar-refractivity contribution >= 4 is 28.9 Å². The fraction of sp³-hybridized carbons (Fsp3) is 0. The molecule has 4 radical (unpaired) electrons. The van der Waals surface area contributed by atoms with Crippen LogP contribution in [0.4, 0.5) is 0 Å². The maximum absolute atomic E-state index is 9.25. The third-order valence-corrected chi connectivity index (χ3v) is 0.157. The summed E-state index contributed by atoms with van der Waals surface area (Å²) in [4.78, 5) is 0. The molecular weight excluding hydrogens is 59.2 g/mol. The van der Waals surface area contributed by atoms with E-state index in [-0.39, 0.29) is 0 Å². The molecule has 0 rings (SSSR count). The number of rotatable bonds is 1. The van der Waals surface area contributed by atoms with Crippen LogP contribution in [0.5, 0.6) is 0 Å². The summed E-state index contributed by atoms with van der Waals surface area (Å²) in [6.07, 6.45) is -0.796. The second-order valence-electron chi connectivity index (χ2n) is 0.713. The molecule has 0 unspecified atom stereocenters. The molecule has 0 aliphatic rings. The maximum atomic E-state index is 9.25. The Hall–Kier alpha value is 0.0597. The summed E-state index contributed by atoms with van der Waals surface area (Å²) >= 11 is 0. The van der Waals surface area contributed by atoms with E-state index in [1.807, 2.05) is 0 Å². The molecule has 0 saturated heterocycles. The van der Waals surface area contributed by atoms with Crippen molar-refractivity contribution in [2.45, 2.75) is 0 Å². The van der Waals surface area contributed by atoms with Gasteiger partial charge >= 0.3 is 33.6 Å². The summed E-state index contributed by atoms with van der Waals surface area (Å²) in [5.74, 6) is 0. The second-order valence-corrected chi connectivity index (χ2v) is 0.713. The molecule has 18 valence electrons. The topological polar surface area (TPSA) is 17.1 Å². The first-order chi connectivity index (χ1) is 2.27. The third-order valence-electron chi connectivity index (χ3n) is 0.157. The minimum atomic E-state index is -0.796. The summed E-state index contributed by atoms with van der Waals surface area (Å²) in [6, 6.07) is 0. The predicted octanol–water partition coefficient (Wildman–Crippen LogP) is -1.64. The number of hydrogen-bond donors (Lipinski definition) is 0. The van der Waals surface area contributed by atoms with Crippen molar-refractivity contribution in [1.29, 1.82) is 0 Å². The van der Waals surface area contributed by atoms with E-state index < -0.39 is 6.39 Å². The normalized spacial score (nSPS) is 5.60. The van der Waals surface area contributed by atoms with E-state index in [9.17, 15) is 4.70 Å². The molecule has 0 saturated carbocycles. The van der Waals surface area contributed by atoms with Crippen LogP contribution in [0.3, 0.4) is 0 Å². The average Bonchev–Trinajstić information content (AvgIpc) is 1.38. The Morgan fingerprint density at radius 3 is 1.80 bits per heavy atom. The van der Waals surface area contributed by atoms with E-state index in [0.29, 0.717) is 7.04 Å². The molecule has 5 heavy (non-hydrogen) atoms. The van der Waals surface area contributed by atoms with Gasteiger partial charge in [-0.3, -0.25) is 0 Å². The summed E-state index contributed by atoms with van der Waals surface area (Å²) < 4.78 is 9.25. The van der Waals surface area contributed by atoms with Crippen LogP contribution in [0, 0.1) is 0 Å². The molecule has 0 atom stereocenters. The van der Waals surface area contributed by atoms with Crippen LogP contribution in [0.1, 0.15) is 0 Å². The van der Waals surface area contributed by atoms with Crippen molar-refractivity contribution in [2.24, 2.45) is 0 Å².